The lowest BCUT2D eigenvalue weighted by atomic mass is 10.0. The minimum Gasteiger partial charge on any atom is -0.492 e. The molecule has 222 valence electrons. The Morgan fingerprint density at radius 3 is 2.71 bits per heavy atom. The lowest BCUT2D eigenvalue weighted by molar-refractivity contribution is -0.0365. The van der Waals surface area contributed by atoms with Crippen molar-refractivity contribution in [3.63, 3.8) is 0 Å². The van der Waals surface area contributed by atoms with Crippen LogP contribution in [0.1, 0.15) is 55.6 Å². The number of carbonyl (C=O) groups is 1. The smallest absolute Gasteiger partial charge is 0.251 e. The van der Waals surface area contributed by atoms with Gasteiger partial charge in [-0.05, 0) is 106 Å². The average Bonchev–Trinajstić information content (AvgIpc) is 3.64. The van der Waals surface area contributed by atoms with Crippen molar-refractivity contribution >= 4 is 27.6 Å². The first kappa shape index (κ1) is 28.6. The molecule has 3 heterocycles. The number of amides is 1. The Morgan fingerprint density at radius 1 is 1.05 bits per heavy atom. The second kappa shape index (κ2) is 12.8. The number of benzene rings is 3. The molecule has 2 saturated heterocycles. The van der Waals surface area contributed by atoms with Crippen molar-refractivity contribution in [2.45, 2.75) is 51.3 Å². The van der Waals surface area contributed by atoms with Crippen molar-refractivity contribution in [1.82, 2.24) is 24.9 Å². The number of likely N-dealkylation sites (tertiary alicyclic amines) is 1. The fourth-order valence-corrected chi connectivity index (χ4v) is 6.28. The van der Waals surface area contributed by atoms with Gasteiger partial charge in [0.2, 0.25) is 0 Å². The van der Waals surface area contributed by atoms with Gasteiger partial charge in [-0.25, -0.2) is 4.68 Å². The zero-order valence-corrected chi connectivity index (χ0v) is 25.1. The first-order chi connectivity index (χ1) is 20.5. The Kier molecular flexibility index (Phi) is 8.74. The third-order valence-electron chi connectivity index (χ3n) is 8.67. The van der Waals surface area contributed by atoms with E-state index in [1.54, 1.807) is 0 Å². The van der Waals surface area contributed by atoms with Crippen molar-refractivity contribution in [3.05, 3.63) is 60.2 Å². The van der Waals surface area contributed by atoms with E-state index in [0.717, 1.165) is 84.2 Å². The standard InChI is InChI=1S/C34H43N5O3/c1-4-38-17-7-8-28(38)23-42-29-14-12-24-20-26(11-10-25(24)21-29)33-30-22-27(34(40)35-16-18-37(2)3)13-15-31(30)39(36-33)32-9-5-6-19-41-32/h10-15,20-22,28,32H,4-9,16-19,23H2,1-3H3,(H,35,40). The van der Waals surface area contributed by atoms with Crippen molar-refractivity contribution in [3.8, 4) is 17.0 Å². The summed E-state index contributed by atoms with van der Waals surface area (Å²) < 4.78 is 14.4. The number of likely N-dealkylation sites (N-methyl/N-ethyl adjacent to an activating group) is 2. The number of nitrogens with zero attached hydrogens (tertiary/aromatic N) is 4. The highest BCUT2D eigenvalue weighted by molar-refractivity contribution is 6.02. The molecule has 3 aromatic carbocycles. The summed E-state index contributed by atoms with van der Waals surface area (Å²) >= 11 is 0. The fraction of sp³-hybridized carbons (Fsp3) is 0.471. The normalized spacial score (nSPS) is 19.6. The Morgan fingerprint density at radius 2 is 1.90 bits per heavy atom. The van der Waals surface area contributed by atoms with Crippen LogP contribution in [0.15, 0.2) is 54.6 Å². The summed E-state index contributed by atoms with van der Waals surface area (Å²) in [6.07, 6.45) is 5.48. The molecule has 2 unspecified atom stereocenters. The zero-order chi connectivity index (χ0) is 29.1. The van der Waals surface area contributed by atoms with Crippen molar-refractivity contribution in [2.75, 3.05) is 53.5 Å². The molecule has 2 atom stereocenters. The van der Waals surface area contributed by atoms with Crippen LogP contribution in [0.3, 0.4) is 0 Å². The highest BCUT2D eigenvalue weighted by Crippen LogP contribution is 2.35. The number of ether oxygens (including phenoxy) is 2. The molecular formula is C34H43N5O3. The molecule has 4 aromatic rings. The van der Waals surface area contributed by atoms with E-state index >= 15 is 0 Å². The molecule has 1 N–H and O–H groups in total. The Hall–Kier alpha value is -3.46. The van der Waals surface area contributed by atoms with Gasteiger partial charge in [0.1, 0.15) is 18.1 Å². The average molecular weight is 570 g/mol. The maximum absolute atomic E-state index is 13.0. The number of hydrogen-bond donors (Lipinski definition) is 1. The maximum Gasteiger partial charge on any atom is 0.251 e. The fourth-order valence-electron chi connectivity index (χ4n) is 6.28. The Balaban J connectivity index is 1.30. The summed E-state index contributed by atoms with van der Waals surface area (Å²) in [6, 6.07) is 19.2. The van der Waals surface area contributed by atoms with Gasteiger partial charge in [-0.1, -0.05) is 25.1 Å². The summed E-state index contributed by atoms with van der Waals surface area (Å²) in [5.74, 6) is 0.837. The predicted molar refractivity (Wildman–Crippen MR) is 168 cm³/mol. The van der Waals surface area contributed by atoms with Crippen LogP contribution in [0.2, 0.25) is 0 Å². The van der Waals surface area contributed by atoms with Gasteiger partial charge < -0.3 is 19.7 Å². The molecule has 2 aliphatic heterocycles. The minimum absolute atomic E-state index is 0.0722. The van der Waals surface area contributed by atoms with Crippen molar-refractivity contribution < 1.29 is 14.3 Å². The van der Waals surface area contributed by atoms with Gasteiger partial charge in [0.05, 0.1) is 5.52 Å². The summed E-state index contributed by atoms with van der Waals surface area (Å²) in [6.45, 7) is 7.33. The van der Waals surface area contributed by atoms with Gasteiger partial charge >= 0.3 is 0 Å². The molecule has 1 amide bonds. The Labute approximate surface area is 248 Å². The number of hydrogen-bond acceptors (Lipinski definition) is 6. The second-order valence-corrected chi connectivity index (χ2v) is 11.9. The van der Waals surface area contributed by atoms with E-state index in [2.05, 4.69) is 58.4 Å². The number of carbonyl (C=O) groups excluding carboxylic acids is 1. The monoisotopic (exact) mass is 569 g/mol. The van der Waals surface area contributed by atoms with Gasteiger partial charge in [0.15, 0.2) is 6.23 Å². The summed E-state index contributed by atoms with van der Waals surface area (Å²) in [7, 11) is 4.00. The van der Waals surface area contributed by atoms with Crippen LogP contribution in [-0.2, 0) is 4.74 Å². The molecule has 0 bridgehead atoms. The van der Waals surface area contributed by atoms with E-state index in [1.807, 2.05) is 37.0 Å². The van der Waals surface area contributed by atoms with Crippen molar-refractivity contribution in [1.29, 1.82) is 0 Å². The topological polar surface area (TPSA) is 71.9 Å². The van der Waals surface area contributed by atoms with E-state index in [4.69, 9.17) is 14.6 Å². The lowest BCUT2D eigenvalue weighted by Gasteiger charge is -2.23. The van der Waals surface area contributed by atoms with E-state index in [1.165, 1.54) is 19.4 Å². The highest BCUT2D eigenvalue weighted by Gasteiger charge is 2.24. The van der Waals surface area contributed by atoms with Gasteiger partial charge in [0, 0.05) is 42.3 Å². The van der Waals surface area contributed by atoms with Gasteiger partial charge in [-0.15, -0.1) is 0 Å². The van der Waals surface area contributed by atoms with Crippen molar-refractivity contribution in [2.24, 2.45) is 0 Å². The molecule has 6 rings (SSSR count). The maximum atomic E-state index is 13.0. The number of fused-ring (bicyclic) bond motifs is 2. The molecule has 2 fully saturated rings. The van der Waals surface area contributed by atoms with Crippen LogP contribution in [0.4, 0.5) is 0 Å². The van der Waals surface area contributed by atoms with E-state index in [9.17, 15) is 4.79 Å². The predicted octanol–water partition coefficient (Wildman–Crippen LogP) is 5.71. The van der Waals surface area contributed by atoms with Crippen LogP contribution in [0, 0.1) is 0 Å². The summed E-state index contributed by atoms with van der Waals surface area (Å²) in [5, 5.41) is 11.4. The largest absolute Gasteiger partial charge is 0.492 e. The molecule has 0 saturated carbocycles. The quantitative estimate of drug-likeness (QED) is 0.264. The molecule has 8 heteroatoms. The molecule has 0 aliphatic carbocycles. The van der Waals surface area contributed by atoms with Crippen LogP contribution < -0.4 is 10.1 Å². The SMILES string of the molecule is CCN1CCCC1COc1ccc2cc(-c3nn(C4CCCCO4)c4ccc(C(=O)NCCN(C)C)cc34)ccc2c1. The van der Waals surface area contributed by atoms with Crippen LogP contribution >= 0.6 is 0 Å². The number of nitrogens with one attached hydrogen (secondary N) is 1. The lowest BCUT2D eigenvalue weighted by Crippen LogP contribution is -2.33. The molecular weight excluding hydrogens is 526 g/mol. The molecule has 1 aromatic heterocycles. The molecule has 8 nitrogen and oxygen atoms in total. The first-order valence-electron chi connectivity index (χ1n) is 15.5. The number of rotatable bonds is 10. The van der Waals surface area contributed by atoms with Crippen LogP contribution in [0.25, 0.3) is 32.9 Å². The third-order valence-corrected chi connectivity index (χ3v) is 8.67. The zero-order valence-electron chi connectivity index (χ0n) is 25.1. The molecule has 2 aliphatic rings. The first-order valence-corrected chi connectivity index (χ1v) is 15.5. The highest BCUT2D eigenvalue weighted by atomic mass is 16.5. The van der Waals surface area contributed by atoms with E-state index < -0.39 is 0 Å². The third kappa shape index (κ3) is 6.16. The minimum atomic E-state index is -0.0987. The van der Waals surface area contributed by atoms with E-state index in [-0.39, 0.29) is 12.1 Å². The van der Waals surface area contributed by atoms with Crippen LogP contribution in [-0.4, -0.2) is 85.0 Å². The summed E-state index contributed by atoms with van der Waals surface area (Å²) in [4.78, 5) is 17.6. The van der Waals surface area contributed by atoms with Gasteiger partial charge in [0.25, 0.3) is 5.91 Å². The Bertz CT molecular complexity index is 1540. The number of aromatic nitrogens is 2. The molecule has 0 radical (unpaired) electrons. The van der Waals surface area contributed by atoms with Crippen LogP contribution in [0.5, 0.6) is 5.75 Å². The molecule has 42 heavy (non-hydrogen) atoms. The van der Waals surface area contributed by atoms with Gasteiger partial charge in [-0.2, -0.15) is 5.10 Å². The van der Waals surface area contributed by atoms with E-state index in [0.29, 0.717) is 18.2 Å². The van der Waals surface area contributed by atoms with Gasteiger partial charge in [-0.3, -0.25) is 9.69 Å². The second-order valence-electron chi connectivity index (χ2n) is 11.9. The summed E-state index contributed by atoms with van der Waals surface area (Å²) in [5.41, 5.74) is 3.51. The molecule has 0 spiro atoms.